The predicted molar refractivity (Wildman–Crippen MR) is 106 cm³/mol. The molecule has 0 radical (unpaired) electrons. The summed E-state index contributed by atoms with van der Waals surface area (Å²) in [7, 11) is 5.79. The molecule has 0 unspecified atom stereocenters. The van der Waals surface area contributed by atoms with Crippen molar-refractivity contribution in [3.63, 3.8) is 0 Å². The molecule has 7 heteroatoms. The number of rotatable bonds is 5. The number of amides is 1. The van der Waals surface area contributed by atoms with E-state index in [1.165, 1.54) is 5.69 Å². The molecule has 0 spiro atoms. The van der Waals surface area contributed by atoms with Crippen molar-refractivity contribution >= 4 is 35.8 Å². The number of hydrogen-bond donors (Lipinski definition) is 2. The lowest BCUT2D eigenvalue weighted by Crippen LogP contribution is -2.44. The highest BCUT2D eigenvalue weighted by Gasteiger charge is 2.20. The molecule has 0 saturated heterocycles. The van der Waals surface area contributed by atoms with Crippen LogP contribution < -0.4 is 10.6 Å². The first-order valence-electron chi connectivity index (χ1n) is 7.56. The zero-order chi connectivity index (χ0) is 16.8. The number of guanidine groups is 1. The molecule has 1 aromatic heterocycles. The number of hydrogen-bond acceptors (Lipinski definition) is 2. The van der Waals surface area contributed by atoms with Crippen LogP contribution in [0.15, 0.2) is 23.3 Å². The van der Waals surface area contributed by atoms with Gasteiger partial charge in [-0.2, -0.15) is 0 Å². The van der Waals surface area contributed by atoms with Crippen LogP contribution in [0.25, 0.3) is 0 Å². The van der Waals surface area contributed by atoms with Crippen molar-refractivity contribution in [3.05, 3.63) is 24.0 Å². The van der Waals surface area contributed by atoms with Crippen molar-refractivity contribution in [2.75, 3.05) is 27.2 Å². The van der Waals surface area contributed by atoms with Crippen LogP contribution in [-0.4, -0.2) is 48.5 Å². The summed E-state index contributed by atoms with van der Waals surface area (Å²) in [6.45, 7) is 7.71. The molecule has 0 fully saturated rings. The molecule has 1 heterocycles. The van der Waals surface area contributed by atoms with Crippen molar-refractivity contribution in [1.29, 1.82) is 0 Å². The third kappa shape index (κ3) is 7.24. The third-order valence-corrected chi connectivity index (χ3v) is 3.40. The summed E-state index contributed by atoms with van der Waals surface area (Å²) >= 11 is 0. The number of aryl methyl sites for hydroxylation is 1. The van der Waals surface area contributed by atoms with Gasteiger partial charge in [-0.25, -0.2) is 0 Å². The Bertz CT molecular complexity index is 519. The topological polar surface area (TPSA) is 61.7 Å². The lowest BCUT2D eigenvalue weighted by atomic mass is 9.96. The molecular weight excluding hydrogens is 405 g/mol. The molecule has 0 aliphatic rings. The first-order chi connectivity index (χ1) is 10.3. The molecule has 1 rings (SSSR count). The van der Waals surface area contributed by atoms with Crippen LogP contribution in [0.5, 0.6) is 0 Å². The standard InChI is InChI=1S/C16H29N5O.HI/c1-16(2,3)14(22)18-9-10-19-15(17-4)21(6)12-13-8-7-11-20(13)5;/h7-8,11H,9-10,12H2,1-6H3,(H,17,19)(H,18,22);1H. The van der Waals surface area contributed by atoms with Crippen LogP contribution in [-0.2, 0) is 18.4 Å². The van der Waals surface area contributed by atoms with E-state index in [0.29, 0.717) is 13.1 Å². The maximum Gasteiger partial charge on any atom is 0.225 e. The van der Waals surface area contributed by atoms with Gasteiger partial charge in [0.2, 0.25) is 5.91 Å². The normalized spacial score (nSPS) is 11.7. The maximum absolute atomic E-state index is 11.8. The number of nitrogens with zero attached hydrogens (tertiary/aromatic N) is 3. The molecular formula is C16H30IN5O. The zero-order valence-electron chi connectivity index (χ0n) is 15.0. The van der Waals surface area contributed by atoms with E-state index in [-0.39, 0.29) is 35.3 Å². The van der Waals surface area contributed by atoms with Gasteiger partial charge in [0.25, 0.3) is 0 Å². The van der Waals surface area contributed by atoms with E-state index in [1.54, 1.807) is 7.05 Å². The predicted octanol–water partition coefficient (Wildman–Crippen LogP) is 1.81. The van der Waals surface area contributed by atoms with Gasteiger partial charge in [0, 0.05) is 51.5 Å². The number of aromatic nitrogens is 1. The Balaban J connectivity index is 0.00000484. The van der Waals surface area contributed by atoms with Gasteiger partial charge in [0.1, 0.15) is 0 Å². The van der Waals surface area contributed by atoms with Gasteiger partial charge in [0.05, 0.1) is 6.54 Å². The van der Waals surface area contributed by atoms with Gasteiger partial charge in [-0.05, 0) is 12.1 Å². The summed E-state index contributed by atoms with van der Waals surface area (Å²) in [6, 6.07) is 4.12. The minimum absolute atomic E-state index is 0. The van der Waals surface area contributed by atoms with Gasteiger partial charge in [-0.1, -0.05) is 20.8 Å². The Morgan fingerprint density at radius 3 is 2.39 bits per heavy atom. The number of carbonyl (C=O) groups is 1. The highest BCUT2D eigenvalue weighted by molar-refractivity contribution is 14.0. The van der Waals surface area contributed by atoms with Crippen molar-refractivity contribution in [3.8, 4) is 0 Å². The van der Waals surface area contributed by atoms with E-state index >= 15 is 0 Å². The lowest BCUT2D eigenvalue weighted by Gasteiger charge is -2.23. The van der Waals surface area contributed by atoms with Crippen molar-refractivity contribution in [2.24, 2.45) is 17.5 Å². The molecule has 2 N–H and O–H groups in total. The van der Waals surface area contributed by atoms with Gasteiger partial charge >= 0.3 is 0 Å². The van der Waals surface area contributed by atoms with Crippen LogP contribution in [0.1, 0.15) is 26.5 Å². The summed E-state index contributed by atoms with van der Waals surface area (Å²) in [4.78, 5) is 18.1. The molecule has 0 aliphatic heterocycles. The number of nitrogens with one attached hydrogen (secondary N) is 2. The second-order valence-corrected chi connectivity index (χ2v) is 6.45. The van der Waals surface area contributed by atoms with Crippen LogP contribution in [0, 0.1) is 5.41 Å². The van der Waals surface area contributed by atoms with E-state index in [1.807, 2.05) is 47.1 Å². The molecule has 1 aromatic rings. The molecule has 132 valence electrons. The van der Waals surface area contributed by atoms with Gasteiger partial charge in [0.15, 0.2) is 5.96 Å². The highest BCUT2D eigenvalue weighted by atomic mass is 127. The fraction of sp³-hybridized carbons (Fsp3) is 0.625. The first kappa shape index (κ1) is 21.8. The van der Waals surface area contributed by atoms with Crippen LogP contribution in [0.2, 0.25) is 0 Å². The average molecular weight is 435 g/mol. The lowest BCUT2D eigenvalue weighted by molar-refractivity contribution is -0.128. The largest absolute Gasteiger partial charge is 0.354 e. The Morgan fingerprint density at radius 1 is 1.30 bits per heavy atom. The van der Waals surface area contributed by atoms with E-state index in [9.17, 15) is 4.79 Å². The molecule has 0 aliphatic carbocycles. The van der Waals surface area contributed by atoms with Gasteiger partial charge < -0.3 is 20.1 Å². The van der Waals surface area contributed by atoms with Crippen molar-refractivity contribution in [1.82, 2.24) is 20.1 Å². The second-order valence-electron chi connectivity index (χ2n) is 6.45. The number of aliphatic imine (C=N–C) groups is 1. The SMILES string of the molecule is CN=C(NCCNC(=O)C(C)(C)C)N(C)Cc1cccn1C.I. The van der Waals surface area contributed by atoms with Crippen molar-refractivity contribution in [2.45, 2.75) is 27.3 Å². The van der Waals surface area contributed by atoms with Crippen LogP contribution in [0.4, 0.5) is 0 Å². The summed E-state index contributed by atoms with van der Waals surface area (Å²) in [5.74, 6) is 0.868. The third-order valence-electron chi connectivity index (χ3n) is 3.40. The molecule has 1 amide bonds. The first-order valence-corrected chi connectivity index (χ1v) is 7.56. The molecule has 23 heavy (non-hydrogen) atoms. The minimum Gasteiger partial charge on any atom is -0.354 e. The Morgan fingerprint density at radius 2 is 1.91 bits per heavy atom. The molecule has 0 bridgehead atoms. The summed E-state index contributed by atoms with van der Waals surface area (Å²) in [6.07, 6.45) is 2.03. The Labute approximate surface area is 156 Å². The maximum atomic E-state index is 11.8. The van der Waals surface area contributed by atoms with E-state index in [0.717, 1.165) is 12.5 Å². The van der Waals surface area contributed by atoms with E-state index in [4.69, 9.17) is 0 Å². The fourth-order valence-corrected chi connectivity index (χ4v) is 1.98. The summed E-state index contributed by atoms with van der Waals surface area (Å²) in [5.41, 5.74) is 0.858. The minimum atomic E-state index is -0.356. The van der Waals surface area contributed by atoms with E-state index < -0.39 is 0 Å². The van der Waals surface area contributed by atoms with Crippen molar-refractivity contribution < 1.29 is 4.79 Å². The second kappa shape index (κ2) is 9.79. The fourth-order valence-electron chi connectivity index (χ4n) is 1.98. The molecule has 6 nitrogen and oxygen atoms in total. The quantitative estimate of drug-likeness (QED) is 0.321. The number of halogens is 1. The number of carbonyl (C=O) groups excluding carboxylic acids is 1. The smallest absolute Gasteiger partial charge is 0.225 e. The summed E-state index contributed by atoms with van der Waals surface area (Å²) < 4.78 is 2.09. The molecule has 0 aromatic carbocycles. The van der Waals surface area contributed by atoms with E-state index in [2.05, 4.69) is 31.2 Å². The van der Waals surface area contributed by atoms with Crippen LogP contribution >= 0.6 is 24.0 Å². The van der Waals surface area contributed by atoms with Gasteiger partial charge in [-0.15, -0.1) is 24.0 Å². The highest BCUT2D eigenvalue weighted by Crippen LogP contribution is 2.11. The molecule has 0 atom stereocenters. The Hall–Kier alpha value is -1.25. The van der Waals surface area contributed by atoms with Gasteiger partial charge in [-0.3, -0.25) is 9.79 Å². The monoisotopic (exact) mass is 435 g/mol. The van der Waals surface area contributed by atoms with Crippen LogP contribution in [0.3, 0.4) is 0 Å². The Kier molecular flexibility index (Phi) is 9.26. The summed E-state index contributed by atoms with van der Waals surface area (Å²) in [5, 5.41) is 6.18. The average Bonchev–Trinajstić information content (AvgIpc) is 2.82. The molecule has 0 saturated carbocycles. The zero-order valence-corrected chi connectivity index (χ0v) is 17.3.